The van der Waals surface area contributed by atoms with Crippen molar-refractivity contribution in [2.24, 2.45) is 20.5 Å². The maximum Gasteiger partial charge on any atom is 0.351 e. The van der Waals surface area contributed by atoms with Crippen molar-refractivity contribution in [1.82, 2.24) is 84.0 Å². The van der Waals surface area contributed by atoms with Crippen molar-refractivity contribution in [3.63, 3.8) is 0 Å². The standard InChI is InChI=1S/C41H42N26O12S4/c1-22-31(34(44)67(63-22)39-54-37(55-41(69)57-39)46-17-18-81(70,71)72)58-60-35-24(19-42)20-47-64(35)25-5-9-27(10-6-25)80-79-78-49-14-4-15-50-82(73,74)28-11-7-26(8-12-28)65-36(29(45-3)21-48-65)61-59-32-23(2)62-66(33(32)43)38-52-30(53-40(68)56-38)13-16-51-83(75,76)77/h5-12,20-21,49-51H,4,13-18,43-44H2,1-2H3,(H,70,71,72)(H,75,76,77)(H,52,53,56,68)(H2,46,54,55,57,69). The highest BCUT2D eigenvalue weighted by Crippen LogP contribution is 2.36. The van der Waals surface area contributed by atoms with Gasteiger partial charge >= 0.3 is 21.7 Å². The molecular weight excluding hydrogens is 1180 g/mol. The largest absolute Gasteiger partial charge is 0.382 e. The number of benzene rings is 2. The smallest absolute Gasteiger partial charge is 0.351 e. The van der Waals surface area contributed by atoms with Crippen molar-refractivity contribution in [3.8, 4) is 29.3 Å². The highest BCUT2D eigenvalue weighted by molar-refractivity contribution is 7.94. The number of anilines is 3. The molecule has 8 rings (SSSR count). The van der Waals surface area contributed by atoms with E-state index in [-0.39, 0.29) is 125 Å². The SMILES string of the molecule is [C-]#[N+]c1cnn(-c2ccc(S(=O)(=O)NCCCNOOSc3ccc(-n4ncc(C#N)c4N=Nc4c(C)nn(-c5nc(NCCS(=O)(=O)O)[nH]c(=O)n5)c4N)cc3)cc2)c1N=Nc1c(C)nn(-c2nc(CCNS(=O)(=O)O)[nH]c(=O)n2)c1N. The molecule has 0 aliphatic heterocycles. The molecule has 0 saturated carbocycles. The molecule has 0 bridgehead atoms. The second-order valence-electron chi connectivity index (χ2n) is 16.5. The van der Waals surface area contributed by atoms with Gasteiger partial charge in [-0.3, -0.25) is 19.1 Å². The number of hydrogen-bond acceptors (Lipinski definition) is 28. The summed E-state index contributed by atoms with van der Waals surface area (Å²) in [4.78, 5) is 53.9. The van der Waals surface area contributed by atoms with E-state index in [4.69, 9.17) is 36.5 Å². The van der Waals surface area contributed by atoms with Crippen LogP contribution in [0.5, 0.6) is 0 Å². The third-order valence-electron chi connectivity index (χ3n) is 10.8. The summed E-state index contributed by atoms with van der Waals surface area (Å²) in [5, 5.41) is 46.2. The Kier molecular flexibility index (Phi) is 18.3. The number of H-pyrrole nitrogens is 2. The lowest BCUT2D eigenvalue weighted by Gasteiger charge is -2.09. The van der Waals surface area contributed by atoms with E-state index in [1.54, 1.807) is 31.2 Å². The van der Waals surface area contributed by atoms with E-state index in [1.165, 1.54) is 52.9 Å². The second-order valence-corrected chi connectivity index (χ2v) is 21.9. The Morgan fingerprint density at radius 2 is 1.34 bits per heavy atom. The van der Waals surface area contributed by atoms with Gasteiger partial charge in [0.15, 0.2) is 34.6 Å². The molecule has 6 heterocycles. The first kappa shape index (κ1) is 59.5. The number of nitrogens with zero attached hydrogens (tertiary/aromatic N) is 18. The maximum atomic E-state index is 13.2. The van der Waals surface area contributed by atoms with E-state index in [0.717, 1.165) is 21.4 Å². The molecule has 0 radical (unpaired) electrons. The minimum Gasteiger partial charge on any atom is -0.382 e. The van der Waals surface area contributed by atoms with Gasteiger partial charge in [-0.1, -0.05) is 0 Å². The number of aromatic amines is 2. The van der Waals surface area contributed by atoms with Crippen molar-refractivity contribution < 1.29 is 43.7 Å². The van der Waals surface area contributed by atoms with Crippen LogP contribution in [-0.4, -0.2) is 135 Å². The van der Waals surface area contributed by atoms with Gasteiger partial charge in [0.05, 0.1) is 64.4 Å². The van der Waals surface area contributed by atoms with Gasteiger partial charge in [0.2, 0.25) is 16.0 Å². The van der Waals surface area contributed by atoms with Crippen LogP contribution >= 0.6 is 12.0 Å². The Hall–Kier alpha value is -9.60. The van der Waals surface area contributed by atoms with Crippen LogP contribution in [0, 0.1) is 31.8 Å². The quantitative estimate of drug-likeness (QED) is 0.00698. The van der Waals surface area contributed by atoms with Gasteiger partial charge < -0.3 is 16.8 Å². The van der Waals surface area contributed by atoms with Crippen LogP contribution in [0.25, 0.3) is 28.1 Å². The van der Waals surface area contributed by atoms with E-state index in [0.29, 0.717) is 16.3 Å². The average molecular weight is 1220 g/mol. The molecule has 0 spiro atoms. The highest BCUT2D eigenvalue weighted by Gasteiger charge is 2.22. The molecule has 0 fully saturated rings. The zero-order chi connectivity index (χ0) is 59.6. The zero-order valence-corrected chi connectivity index (χ0v) is 45.8. The molecule has 6 aromatic heterocycles. The molecule has 0 atom stereocenters. The first-order chi connectivity index (χ1) is 39.5. The Bertz CT molecular complexity index is 4330. The van der Waals surface area contributed by atoms with Crippen molar-refractivity contribution in [2.75, 3.05) is 48.7 Å². The zero-order valence-electron chi connectivity index (χ0n) is 42.5. The third-order valence-corrected chi connectivity index (χ3v) is 14.1. The fraction of sp³-hybridized carbons (Fsp3) is 0.220. The summed E-state index contributed by atoms with van der Waals surface area (Å²) in [6, 6.07) is 14.2. The van der Waals surface area contributed by atoms with Crippen LogP contribution < -0.4 is 43.1 Å². The van der Waals surface area contributed by atoms with Gasteiger partial charge in [-0.25, -0.2) is 36.9 Å². The Morgan fingerprint density at radius 1 is 0.747 bits per heavy atom. The summed E-state index contributed by atoms with van der Waals surface area (Å²) in [7, 11) is -12.8. The molecule has 42 heteroatoms. The van der Waals surface area contributed by atoms with E-state index >= 15 is 0 Å². The lowest BCUT2D eigenvalue weighted by atomic mass is 10.3. The van der Waals surface area contributed by atoms with E-state index in [1.807, 2.05) is 10.8 Å². The number of sulfonamides is 1. The molecule has 0 saturated heterocycles. The molecule has 83 heavy (non-hydrogen) atoms. The number of nitrogens with one attached hydrogen (secondary N) is 6. The predicted molar refractivity (Wildman–Crippen MR) is 288 cm³/mol. The summed E-state index contributed by atoms with van der Waals surface area (Å²) in [6.07, 6.45) is 2.65. The average Bonchev–Trinajstić information content (AvgIpc) is 4.42. The van der Waals surface area contributed by atoms with Crippen molar-refractivity contribution >= 4 is 88.8 Å². The summed E-state index contributed by atoms with van der Waals surface area (Å²) >= 11 is 0.843. The number of nitrogen functional groups attached to an aromatic ring is 2. The molecule has 2 aromatic carbocycles. The number of nitrogens with two attached hydrogens (primary N) is 2. The number of hydrogen-bond donors (Lipinski definition) is 10. The van der Waals surface area contributed by atoms with Gasteiger partial charge in [0, 0.05) is 37.5 Å². The normalized spacial score (nSPS) is 12.1. The Labute approximate surface area is 470 Å². The summed E-state index contributed by atoms with van der Waals surface area (Å²) in [5.41, 5.74) is 14.8. The second kappa shape index (κ2) is 25.5. The summed E-state index contributed by atoms with van der Waals surface area (Å²) in [6.45, 7) is 10.3. The number of rotatable bonds is 26. The van der Waals surface area contributed by atoms with Crippen LogP contribution in [0.3, 0.4) is 0 Å². The third kappa shape index (κ3) is 15.1. The lowest BCUT2D eigenvalue weighted by molar-refractivity contribution is -0.244. The predicted octanol–water partition coefficient (Wildman–Crippen LogP) is 1.48. The van der Waals surface area contributed by atoms with E-state index < -0.39 is 47.6 Å². The molecule has 38 nitrogen and oxygen atoms in total. The fourth-order valence-corrected chi connectivity index (χ4v) is 9.18. The summed E-state index contributed by atoms with van der Waals surface area (Å²) < 4.78 is 103. The number of aromatic nitrogens is 14. The number of azo groups is 2. The van der Waals surface area contributed by atoms with Gasteiger partial charge in [-0.15, -0.1) is 29.8 Å². The molecule has 432 valence electrons. The van der Waals surface area contributed by atoms with Gasteiger partial charge in [-0.2, -0.15) is 82.0 Å². The fourth-order valence-electron chi connectivity index (χ4n) is 6.98. The Balaban J connectivity index is 0.808. The van der Waals surface area contributed by atoms with Crippen molar-refractivity contribution in [1.29, 1.82) is 5.26 Å². The van der Waals surface area contributed by atoms with Crippen LogP contribution in [-0.2, 0) is 46.2 Å². The lowest BCUT2D eigenvalue weighted by Crippen LogP contribution is -2.27. The number of hydroxylamine groups is 1. The van der Waals surface area contributed by atoms with Crippen LogP contribution in [0.1, 0.15) is 29.2 Å². The Morgan fingerprint density at radius 3 is 1.95 bits per heavy atom. The molecule has 12 N–H and O–H groups in total. The van der Waals surface area contributed by atoms with E-state index in [2.05, 4.69) is 91.1 Å². The highest BCUT2D eigenvalue weighted by atomic mass is 32.2. The van der Waals surface area contributed by atoms with Gasteiger partial charge in [0.1, 0.15) is 17.5 Å². The van der Waals surface area contributed by atoms with Crippen LogP contribution in [0.2, 0.25) is 0 Å². The van der Waals surface area contributed by atoms with Gasteiger partial charge in [-0.05, 0) is 68.8 Å². The van der Waals surface area contributed by atoms with Crippen LogP contribution in [0.4, 0.5) is 46.3 Å². The first-order valence-corrected chi connectivity index (χ1v) is 28.6. The topological polar surface area (TPSA) is 528 Å². The number of nitriles is 1. The molecule has 0 aliphatic rings. The molecule has 8 aromatic rings. The first-order valence-electron chi connectivity index (χ1n) is 23.3. The van der Waals surface area contributed by atoms with Crippen molar-refractivity contribution in [3.05, 3.63) is 116 Å². The molecular formula is C41H42N26O12S4. The van der Waals surface area contributed by atoms with E-state index in [9.17, 15) is 40.1 Å². The molecule has 0 aliphatic carbocycles. The minimum absolute atomic E-state index is 0.00334. The number of aryl methyl sites for hydroxylation is 2. The van der Waals surface area contributed by atoms with Crippen LogP contribution in [0.15, 0.2) is 101 Å². The van der Waals surface area contributed by atoms with Gasteiger partial charge in [0.25, 0.3) is 27.7 Å². The molecule has 0 unspecified atom stereocenters. The summed E-state index contributed by atoms with van der Waals surface area (Å²) in [5.74, 6) is -1.73. The maximum absolute atomic E-state index is 13.2. The minimum atomic E-state index is -4.49. The molecule has 0 amide bonds. The van der Waals surface area contributed by atoms with Crippen molar-refractivity contribution in [2.45, 2.75) is 36.5 Å². The monoisotopic (exact) mass is 1220 g/mol.